The summed E-state index contributed by atoms with van der Waals surface area (Å²) < 4.78 is 0. The molecule has 0 aromatic heterocycles. The van der Waals surface area contributed by atoms with Gasteiger partial charge in [0.2, 0.25) is 0 Å². The summed E-state index contributed by atoms with van der Waals surface area (Å²) in [4.78, 5) is 11.1. The van der Waals surface area contributed by atoms with Crippen LogP contribution in [0.1, 0.15) is 53.4 Å². The monoisotopic (exact) mass is 264 g/mol. The van der Waals surface area contributed by atoms with Crippen LogP contribution in [0.2, 0.25) is 0 Å². The van der Waals surface area contributed by atoms with Crippen molar-refractivity contribution in [3.05, 3.63) is 23.8 Å². The van der Waals surface area contributed by atoms with Gasteiger partial charge in [-0.2, -0.15) is 0 Å². The molecule has 1 saturated carbocycles. The van der Waals surface area contributed by atoms with E-state index >= 15 is 0 Å². The topological polar surface area (TPSA) is 37.3 Å². The number of aliphatic carboxylic acids is 1. The Labute approximate surface area is 117 Å². The average Bonchev–Trinajstić information content (AvgIpc) is 2.40. The van der Waals surface area contributed by atoms with Crippen molar-refractivity contribution < 1.29 is 9.90 Å². The van der Waals surface area contributed by atoms with E-state index in [-0.39, 0.29) is 5.92 Å². The largest absolute Gasteiger partial charge is 0.478 e. The van der Waals surface area contributed by atoms with Gasteiger partial charge < -0.3 is 5.11 Å². The maximum Gasteiger partial charge on any atom is 0.331 e. The lowest BCUT2D eigenvalue weighted by atomic mass is 9.61. The van der Waals surface area contributed by atoms with Crippen molar-refractivity contribution in [1.82, 2.24) is 0 Å². The molecule has 0 heterocycles. The highest BCUT2D eigenvalue weighted by molar-refractivity contribution is 5.86. The third-order valence-electron chi connectivity index (χ3n) is 4.69. The second-order valence-electron chi connectivity index (χ2n) is 5.78. The zero-order valence-electron chi connectivity index (χ0n) is 12.8. The minimum atomic E-state index is -0.820. The zero-order chi connectivity index (χ0) is 14.6. The van der Waals surface area contributed by atoms with Gasteiger partial charge in [0.1, 0.15) is 0 Å². The summed E-state index contributed by atoms with van der Waals surface area (Å²) >= 11 is 0. The van der Waals surface area contributed by atoms with Crippen LogP contribution in [-0.4, -0.2) is 11.1 Å². The molecule has 0 amide bonds. The van der Waals surface area contributed by atoms with Crippen molar-refractivity contribution in [1.29, 1.82) is 0 Å². The summed E-state index contributed by atoms with van der Waals surface area (Å²) in [5.74, 6) is 1.13. The number of hydrogen-bond donors (Lipinski definition) is 1. The smallest absolute Gasteiger partial charge is 0.331 e. The molecule has 108 valence electrons. The minimum absolute atomic E-state index is 0.156. The number of carboxylic acids is 1. The first kappa shape index (κ1) is 16.0. The molecule has 2 rings (SSSR count). The fourth-order valence-corrected chi connectivity index (χ4v) is 3.61. The summed E-state index contributed by atoms with van der Waals surface area (Å²) in [7, 11) is 0. The molecule has 2 nitrogen and oxygen atoms in total. The van der Waals surface area contributed by atoms with E-state index in [1.165, 1.54) is 18.4 Å². The van der Waals surface area contributed by atoms with Crippen LogP contribution in [-0.2, 0) is 4.79 Å². The van der Waals surface area contributed by atoms with Gasteiger partial charge in [-0.05, 0) is 56.3 Å². The van der Waals surface area contributed by atoms with E-state index in [2.05, 4.69) is 26.5 Å². The van der Waals surface area contributed by atoms with E-state index in [0.717, 1.165) is 18.8 Å². The Morgan fingerprint density at radius 3 is 2.53 bits per heavy atom. The lowest BCUT2D eigenvalue weighted by Crippen LogP contribution is -2.36. The van der Waals surface area contributed by atoms with Crippen molar-refractivity contribution in [3.63, 3.8) is 0 Å². The predicted molar refractivity (Wildman–Crippen MR) is 80.0 cm³/mol. The number of rotatable bonds is 2. The average molecular weight is 264 g/mol. The van der Waals surface area contributed by atoms with Gasteiger partial charge in [0, 0.05) is 5.57 Å². The molecule has 0 spiro atoms. The molecule has 4 atom stereocenters. The molecule has 2 aliphatic carbocycles. The summed E-state index contributed by atoms with van der Waals surface area (Å²) in [6.07, 6.45) is 6.85. The molecular formula is C17H28O2. The molecule has 0 aliphatic heterocycles. The summed E-state index contributed by atoms with van der Waals surface area (Å²) in [5, 5.41) is 9.14. The maximum absolute atomic E-state index is 11.1. The molecule has 1 fully saturated rings. The van der Waals surface area contributed by atoms with E-state index in [1.54, 1.807) is 0 Å². The third kappa shape index (κ3) is 3.49. The van der Waals surface area contributed by atoms with Crippen LogP contribution in [0, 0.1) is 23.7 Å². The van der Waals surface area contributed by atoms with Gasteiger partial charge in [-0.25, -0.2) is 4.79 Å². The Kier molecular flexibility index (Phi) is 5.84. The van der Waals surface area contributed by atoms with Gasteiger partial charge in [-0.15, -0.1) is 0 Å². The molecule has 2 heteroatoms. The summed E-state index contributed by atoms with van der Waals surface area (Å²) in [5.41, 5.74) is 1.83. The van der Waals surface area contributed by atoms with E-state index in [4.69, 9.17) is 5.11 Å². The second kappa shape index (κ2) is 6.93. The van der Waals surface area contributed by atoms with Crippen LogP contribution in [0.4, 0.5) is 0 Å². The van der Waals surface area contributed by atoms with Crippen LogP contribution in [0.15, 0.2) is 23.8 Å². The highest BCUT2D eigenvalue weighted by Gasteiger charge is 2.39. The van der Waals surface area contributed by atoms with Crippen LogP contribution in [0.3, 0.4) is 0 Å². The highest BCUT2D eigenvalue weighted by atomic mass is 16.4. The van der Waals surface area contributed by atoms with Crippen LogP contribution < -0.4 is 0 Å². The number of carboxylic acid groups (broad SMARTS) is 1. The molecular weight excluding hydrogens is 236 g/mol. The summed E-state index contributed by atoms with van der Waals surface area (Å²) in [6.45, 7) is 12.3. The Morgan fingerprint density at radius 2 is 1.95 bits per heavy atom. The molecule has 0 saturated heterocycles. The fraction of sp³-hybridized carbons (Fsp3) is 0.706. The first-order valence-corrected chi connectivity index (χ1v) is 7.60. The molecule has 1 unspecified atom stereocenters. The quantitative estimate of drug-likeness (QED) is 0.581. The van der Waals surface area contributed by atoms with E-state index in [9.17, 15) is 4.79 Å². The van der Waals surface area contributed by atoms with Crippen molar-refractivity contribution >= 4 is 5.97 Å². The molecule has 19 heavy (non-hydrogen) atoms. The number of allylic oxidation sites excluding steroid dienone is 2. The van der Waals surface area contributed by atoms with E-state index in [0.29, 0.717) is 17.4 Å². The van der Waals surface area contributed by atoms with Gasteiger partial charge in [-0.1, -0.05) is 39.0 Å². The fourth-order valence-electron chi connectivity index (χ4n) is 3.61. The standard InChI is InChI=1S/C15H22O2.C2H6/c1-9-4-6-12-10(2)5-7-13(14(12)8-9)11(3)15(16)17;1-2/h8,10,12-14H,3-7H2,1-2H3,(H,16,17);1-2H3/t10-,12+,13?,14+;/m1./s1. The predicted octanol–water partition coefficient (Wildman–Crippen LogP) is 4.67. The Morgan fingerprint density at radius 1 is 1.32 bits per heavy atom. The summed E-state index contributed by atoms with van der Waals surface area (Å²) in [6, 6.07) is 0. The van der Waals surface area contributed by atoms with Gasteiger partial charge in [0.25, 0.3) is 0 Å². The van der Waals surface area contributed by atoms with Crippen LogP contribution in [0.5, 0.6) is 0 Å². The van der Waals surface area contributed by atoms with Crippen molar-refractivity contribution in [2.45, 2.75) is 53.4 Å². The van der Waals surface area contributed by atoms with Crippen molar-refractivity contribution in [2.75, 3.05) is 0 Å². The van der Waals surface area contributed by atoms with E-state index < -0.39 is 5.97 Å². The Hall–Kier alpha value is -1.05. The Balaban J connectivity index is 0.000000861. The minimum Gasteiger partial charge on any atom is -0.478 e. The number of carbonyl (C=O) groups is 1. The number of hydrogen-bond acceptors (Lipinski definition) is 1. The zero-order valence-corrected chi connectivity index (χ0v) is 12.8. The van der Waals surface area contributed by atoms with E-state index in [1.807, 2.05) is 13.8 Å². The number of fused-ring (bicyclic) bond motifs is 1. The Bertz CT molecular complexity index is 367. The molecule has 2 aliphatic rings. The van der Waals surface area contributed by atoms with Gasteiger partial charge in [0.05, 0.1) is 0 Å². The highest BCUT2D eigenvalue weighted by Crippen LogP contribution is 2.47. The maximum atomic E-state index is 11.1. The van der Waals surface area contributed by atoms with Crippen LogP contribution >= 0.6 is 0 Å². The van der Waals surface area contributed by atoms with Gasteiger partial charge in [-0.3, -0.25) is 0 Å². The molecule has 0 radical (unpaired) electrons. The van der Waals surface area contributed by atoms with Gasteiger partial charge >= 0.3 is 5.97 Å². The second-order valence-corrected chi connectivity index (χ2v) is 5.78. The lowest BCUT2D eigenvalue weighted by Gasteiger charge is -2.43. The molecule has 0 aromatic carbocycles. The van der Waals surface area contributed by atoms with Crippen molar-refractivity contribution in [2.24, 2.45) is 23.7 Å². The molecule has 0 bridgehead atoms. The first-order chi connectivity index (χ1) is 9.00. The lowest BCUT2D eigenvalue weighted by molar-refractivity contribution is -0.133. The molecule has 0 aromatic rings. The SMILES string of the molecule is C=C(C(=O)O)C1CC[C@@H](C)[C@@H]2CCC(C)=C[C@H]12.CC. The third-order valence-corrected chi connectivity index (χ3v) is 4.69. The first-order valence-electron chi connectivity index (χ1n) is 7.60. The van der Waals surface area contributed by atoms with Gasteiger partial charge in [0.15, 0.2) is 0 Å². The normalized spacial score (nSPS) is 33.4. The van der Waals surface area contributed by atoms with Crippen LogP contribution in [0.25, 0.3) is 0 Å². The molecule has 1 N–H and O–H groups in total. The van der Waals surface area contributed by atoms with Crippen molar-refractivity contribution in [3.8, 4) is 0 Å².